The Morgan fingerprint density at radius 1 is 0.967 bits per heavy atom. The van der Waals surface area contributed by atoms with Gasteiger partial charge < -0.3 is 30.2 Å². The van der Waals surface area contributed by atoms with Gasteiger partial charge in [-0.2, -0.15) is 0 Å². The maximum absolute atomic E-state index is 13.2. The van der Waals surface area contributed by atoms with Gasteiger partial charge in [-0.15, -0.1) is 0 Å². The number of ether oxygens (including phenoxy) is 3. The number of benzene rings is 2. The molecular formula is C22H25N3O4S. The summed E-state index contributed by atoms with van der Waals surface area (Å²) in [5.41, 5.74) is 3.67. The Morgan fingerprint density at radius 3 is 2.17 bits per heavy atom. The smallest absolute Gasteiger partial charge is 0.255 e. The van der Waals surface area contributed by atoms with Gasteiger partial charge in [-0.1, -0.05) is 17.7 Å². The molecule has 3 rings (SSSR count). The monoisotopic (exact) mass is 427 g/mol. The van der Waals surface area contributed by atoms with Crippen molar-refractivity contribution in [3.05, 3.63) is 58.8 Å². The first-order valence-electron chi connectivity index (χ1n) is 9.34. The minimum absolute atomic E-state index is 0.249. The quantitative estimate of drug-likeness (QED) is 0.609. The van der Waals surface area contributed by atoms with E-state index in [1.165, 1.54) is 0 Å². The molecule has 0 radical (unpaired) electrons. The molecule has 0 aliphatic carbocycles. The Morgan fingerprint density at radius 2 is 1.57 bits per heavy atom. The molecule has 1 aliphatic rings. The van der Waals surface area contributed by atoms with Crippen LogP contribution >= 0.6 is 12.2 Å². The van der Waals surface area contributed by atoms with E-state index < -0.39 is 6.04 Å². The third-order valence-electron chi connectivity index (χ3n) is 4.87. The van der Waals surface area contributed by atoms with Crippen molar-refractivity contribution in [2.24, 2.45) is 0 Å². The molecule has 3 N–H and O–H groups in total. The summed E-state index contributed by atoms with van der Waals surface area (Å²) in [6, 6.07) is 10.6. The third kappa shape index (κ3) is 4.33. The van der Waals surface area contributed by atoms with Crippen LogP contribution in [0.4, 0.5) is 5.69 Å². The highest BCUT2D eigenvalue weighted by Gasteiger charge is 2.33. The maximum atomic E-state index is 13.2. The highest BCUT2D eigenvalue weighted by molar-refractivity contribution is 7.80. The van der Waals surface area contributed by atoms with Gasteiger partial charge in [0.05, 0.1) is 32.9 Å². The molecule has 0 spiro atoms. The fraction of sp³-hybridized carbons (Fsp3) is 0.273. The number of anilines is 1. The number of hydrogen-bond acceptors (Lipinski definition) is 5. The zero-order chi connectivity index (χ0) is 21.8. The molecule has 1 unspecified atom stereocenters. The zero-order valence-corrected chi connectivity index (χ0v) is 18.4. The van der Waals surface area contributed by atoms with Gasteiger partial charge in [0.1, 0.15) is 5.75 Å². The summed E-state index contributed by atoms with van der Waals surface area (Å²) in [5.74, 6) is 1.35. The molecule has 1 amide bonds. The molecule has 0 bridgehead atoms. The molecule has 0 saturated heterocycles. The Kier molecular flexibility index (Phi) is 6.47. The molecule has 8 heteroatoms. The number of methoxy groups -OCH3 is 3. The fourth-order valence-corrected chi connectivity index (χ4v) is 3.61. The molecule has 2 aromatic carbocycles. The van der Waals surface area contributed by atoms with Crippen LogP contribution in [-0.2, 0) is 4.79 Å². The minimum atomic E-state index is -0.543. The standard InChI is InChI=1S/C22H25N3O4S/c1-12-6-8-14(9-7-12)24-21(26)19-13(2)23-22(30)25-20(19)15-10-17(28-4)18(29-5)11-16(15)27-3/h6-11,20H,1-5H3,(H,24,26)(H2,23,25,30). The van der Waals surface area contributed by atoms with Crippen molar-refractivity contribution in [1.29, 1.82) is 0 Å². The summed E-state index contributed by atoms with van der Waals surface area (Å²) in [5, 5.41) is 9.59. The van der Waals surface area contributed by atoms with Gasteiger partial charge in [0, 0.05) is 23.0 Å². The van der Waals surface area contributed by atoms with Crippen molar-refractivity contribution in [3.63, 3.8) is 0 Å². The van der Waals surface area contributed by atoms with E-state index in [-0.39, 0.29) is 5.91 Å². The van der Waals surface area contributed by atoms with Crippen molar-refractivity contribution in [2.75, 3.05) is 26.6 Å². The van der Waals surface area contributed by atoms with E-state index in [0.29, 0.717) is 44.9 Å². The summed E-state index contributed by atoms with van der Waals surface area (Å²) < 4.78 is 16.4. The largest absolute Gasteiger partial charge is 0.496 e. The average molecular weight is 428 g/mol. The van der Waals surface area contributed by atoms with Crippen LogP contribution < -0.4 is 30.2 Å². The van der Waals surface area contributed by atoms with Crippen LogP contribution in [0.5, 0.6) is 17.2 Å². The van der Waals surface area contributed by atoms with Crippen LogP contribution in [0.1, 0.15) is 24.1 Å². The molecule has 2 aromatic rings. The van der Waals surface area contributed by atoms with Crippen molar-refractivity contribution in [3.8, 4) is 17.2 Å². The lowest BCUT2D eigenvalue weighted by atomic mass is 9.93. The first kappa shape index (κ1) is 21.4. The topological polar surface area (TPSA) is 80.9 Å². The van der Waals surface area contributed by atoms with Crippen molar-refractivity contribution in [1.82, 2.24) is 10.6 Å². The number of allylic oxidation sites excluding steroid dienone is 1. The van der Waals surface area contributed by atoms with Crippen molar-refractivity contribution >= 4 is 28.9 Å². The summed E-state index contributed by atoms with van der Waals surface area (Å²) in [6.07, 6.45) is 0. The molecule has 1 atom stereocenters. The summed E-state index contributed by atoms with van der Waals surface area (Å²) in [4.78, 5) is 13.2. The maximum Gasteiger partial charge on any atom is 0.255 e. The lowest BCUT2D eigenvalue weighted by molar-refractivity contribution is -0.113. The highest BCUT2D eigenvalue weighted by atomic mass is 32.1. The number of carbonyl (C=O) groups is 1. The molecule has 158 valence electrons. The highest BCUT2D eigenvalue weighted by Crippen LogP contribution is 2.40. The summed E-state index contributed by atoms with van der Waals surface area (Å²) in [6.45, 7) is 3.81. The number of aryl methyl sites for hydroxylation is 1. The van der Waals surface area contributed by atoms with E-state index >= 15 is 0 Å². The van der Waals surface area contributed by atoms with Crippen molar-refractivity contribution < 1.29 is 19.0 Å². The van der Waals surface area contributed by atoms with E-state index in [1.807, 2.05) is 38.1 Å². The second-order valence-electron chi connectivity index (χ2n) is 6.84. The van der Waals surface area contributed by atoms with Gasteiger partial charge >= 0.3 is 0 Å². The molecule has 1 heterocycles. The predicted molar refractivity (Wildman–Crippen MR) is 120 cm³/mol. The SMILES string of the molecule is COc1cc(OC)c(C2NC(=S)NC(C)=C2C(=O)Nc2ccc(C)cc2)cc1OC. The number of carbonyl (C=O) groups excluding carboxylic acids is 1. The van der Waals surface area contributed by atoms with E-state index in [2.05, 4.69) is 16.0 Å². The number of nitrogens with one attached hydrogen (secondary N) is 3. The van der Waals surface area contributed by atoms with Crippen LogP contribution in [0.3, 0.4) is 0 Å². The fourth-order valence-electron chi connectivity index (χ4n) is 3.34. The molecule has 1 aliphatic heterocycles. The molecule has 7 nitrogen and oxygen atoms in total. The predicted octanol–water partition coefficient (Wildman–Crippen LogP) is 3.45. The zero-order valence-electron chi connectivity index (χ0n) is 17.6. The van der Waals surface area contributed by atoms with E-state index in [0.717, 1.165) is 5.56 Å². The van der Waals surface area contributed by atoms with Gasteiger partial charge in [0.25, 0.3) is 5.91 Å². The van der Waals surface area contributed by atoms with Crippen LogP contribution in [0.2, 0.25) is 0 Å². The van der Waals surface area contributed by atoms with E-state index in [1.54, 1.807) is 33.5 Å². The first-order valence-corrected chi connectivity index (χ1v) is 9.75. The Labute approximate surface area is 181 Å². The Balaban J connectivity index is 2.05. The van der Waals surface area contributed by atoms with Gasteiger partial charge in [0.2, 0.25) is 0 Å². The lowest BCUT2D eigenvalue weighted by Gasteiger charge is -2.31. The molecular weight excluding hydrogens is 402 g/mol. The second-order valence-corrected chi connectivity index (χ2v) is 7.25. The lowest BCUT2D eigenvalue weighted by Crippen LogP contribution is -2.45. The molecule has 0 aromatic heterocycles. The molecule has 30 heavy (non-hydrogen) atoms. The minimum Gasteiger partial charge on any atom is -0.496 e. The van der Waals surface area contributed by atoms with Crippen LogP contribution in [0, 0.1) is 6.92 Å². The summed E-state index contributed by atoms with van der Waals surface area (Å²) >= 11 is 5.35. The number of amides is 1. The van der Waals surface area contributed by atoms with Gasteiger partial charge in [-0.05, 0) is 44.3 Å². The van der Waals surface area contributed by atoms with Crippen molar-refractivity contribution in [2.45, 2.75) is 19.9 Å². The summed E-state index contributed by atoms with van der Waals surface area (Å²) in [7, 11) is 4.67. The Bertz CT molecular complexity index is 1000. The van der Waals surface area contributed by atoms with E-state index in [4.69, 9.17) is 26.4 Å². The molecule has 0 fully saturated rings. The van der Waals surface area contributed by atoms with Crippen LogP contribution in [0.25, 0.3) is 0 Å². The Hall–Kier alpha value is -3.26. The second kappa shape index (κ2) is 9.04. The average Bonchev–Trinajstić information content (AvgIpc) is 2.73. The van der Waals surface area contributed by atoms with Crippen LogP contribution in [-0.4, -0.2) is 32.3 Å². The number of rotatable bonds is 6. The molecule has 0 saturated carbocycles. The number of hydrogen-bond donors (Lipinski definition) is 3. The van der Waals surface area contributed by atoms with E-state index in [9.17, 15) is 4.79 Å². The third-order valence-corrected chi connectivity index (χ3v) is 5.09. The van der Waals surface area contributed by atoms with Gasteiger partial charge in [0.15, 0.2) is 16.6 Å². The van der Waals surface area contributed by atoms with Gasteiger partial charge in [-0.25, -0.2) is 0 Å². The first-order chi connectivity index (χ1) is 14.4. The van der Waals surface area contributed by atoms with Crippen LogP contribution in [0.15, 0.2) is 47.7 Å². The normalized spacial score (nSPS) is 15.8. The van der Waals surface area contributed by atoms with Gasteiger partial charge in [-0.3, -0.25) is 4.79 Å². The number of thiocarbonyl (C=S) groups is 1.